The van der Waals surface area contributed by atoms with Crippen molar-refractivity contribution in [2.75, 3.05) is 7.11 Å². The van der Waals surface area contributed by atoms with Gasteiger partial charge in [-0.3, -0.25) is 4.98 Å². The fraction of sp³-hybridized carbons (Fsp3) is 0.176. The molecule has 1 aliphatic rings. The molecule has 0 N–H and O–H groups in total. The minimum atomic E-state index is 0.824. The summed E-state index contributed by atoms with van der Waals surface area (Å²) in [6.45, 7) is 0. The van der Waals surface area contributed by atoms with Gasteiger partial charge in [-0.15, -0.1) is 11.3 Å². The van der Waals surface area contributed by atoms with Crippen molar-refractivity contribution in [3.05, 3.63) is 53.2 Å². The van der Waals surface area contributed by atoms with E-state index in [0.29, 0.717) is 0 Å². The van der Waals surface area contributed by atoms with E-state index < -0.39 is 0 Å². The monoisotopic (exact) mass is 294 g/mol. The highest BCUT2D eigenvalue weighted by molar-refractivity contribution is 7.15. The van der Waals surface area contributed by atoms with Crippen LogP contribution in [0, 0.1) is 0 Å². The van der Waals surface area contributed by atoms with Gasteiger partial charge in [0.1, 0.15) is 10.8 Å². The van der Waals surface area contributed by atoms with Gasteiger partial charge >= 0.3 is 0 Å². The molecule has 1 aromatic carbocycles. The standard InChI is InChI=1S/C17H14N2OS/c1-20-14-8-9-18-10-13(14)17-19-16-12-5-3-2-4-11(12)6-7-15(16)21-17/h2-5,8-10H,6-7H2,1H3. The first kappa shape index (κ1) is 12.5. The Morgan fingerprint density at radius 1 is 1.10 bits per heavy atom. The summed E-state index contributed by atoms with van der Waals surface area (Å²) in [6.07, 6.45) is 5.72. The largest absolute Gasteiger partial charge is 0.496 e. The number of thiazole rings is 1. The van der Waals surface area contributed by atoms with Gasteiger partial charge in [0.05, 0.1) is 18.4 Å². The van der Waals surface area contributed by atoms with Gasteiger partial charge in [-0.1, -0.05) is 24.3 Å². The van der Waals surface area contributed by atoms with Crippen molar-refractivity contribution in [1.29, 1.82) is 0 Å². The van der Waals surface area contributed by atoms with Crippen molar-refractivity contribution in [2.24, 2.45) is 0 Å². The van der Waals surface area contributed by atoms with Gasteiger partial charge < -0.3 is 4.74 Å². The summed E-state index contributed by atoms with van der Waals surface area (Å²) in [5.74, 6) is 0.824. The van der Waals surface area contributed by atoms with Crippen LogP contribution in [0.4, 0.5) is 0 Å². The van der Waals surface area contributed by atoms with Crippen molar-refractivity contribution in [1.82, 2.24) is 9.97 Å². The maximum Gasteiger partial charge on any atom is 0.132 e. The predicted molar refractivity (Wildman–Crippen MR) is 84.7 cm³/mol. The third-order valence-corrected chi connectivity index (χ3v) is 4.97. The minimum Gasteiger partial charge on any atom is -0.496 e. The molecule has 4 rings (SSSR count). The van der Waals surface area contributed by atoms with Gasteiger partial charge in [-0.2, -0.15) is 0 Å². The number of rotatable bonds is 2. The van der Waals surface area contributed by atoms with Crippen molar-refractivity contribution in [3.8, 4) is 27.6 Å². The fourth-order valence-electron chi connectivity index (χ4n) is 2.78. The number of aromatic nitrogens is 2. The van der Waals surface area contributed by atoms with E-state index in [0.717, 1.165) is 34.9 Å². The summed E-state index contributed by atoms with van der Waals surface area (Å²) in [4.78, 5) is 10.4. The summed E-state index contributed by atoms with van der Waals surface area (Å²) in [5.41, 5.74) is 4.75. The molecule has 0 unspecified atom stereocenters. The molecule has 0 amide bonds. The van der Waals surface area contributed by atoms with Gasteiger partial charge in [-0.25, -0.2) is 4.98 Å². The van der Waals surface area contributed by atoms with Crippen LogP contribution in [-0.4, -0.2) is 17.1 Å². The Kier molecular flexibility index (Phi) is 2.97. The van der Waals surface area contributed by atoms with Crippen LogP contribution in [0.25, 0.3) is 21.8 Å². The number of nitrogens with zero attached hydrogens (tertiary/aromatic N) is 2. The Morgan fingerprint density at radius 2 is 2.00 bits per heavy atom. The Hall–Kier alpha value is -2.20. The molecule has 21 heavy (non-hydrogen) atoms. The average Bonchev–Trinajstić information content (AvgIpc) is 2.99. The van der Waals surface area contributed by atoms with Crippen LogP contribution in [0.2, 0.25) is 0 Å². The molecule has 104 valence electrons. The smallest absolute Gasteiger partial charge is 0.132 e. The third-order valence-electron chi connectivity index (χ3n) is 3.82. The van der Waals surface area contributed by atoms with Crippen LogP contribution in [-0.2, 0) is 12.8 Å². The van der Waals surface area contributed by atoms with Gasteiger partial charge in [0.15, 0.2) is 0 Å². The van der Waals surface area contributed by atoms with Crippen LogP contribution in [0.5, 0.6) is 5.75 Å². The Morgan fingerprint density at radius 3 is 2.90 bits per heavy atom. The topological polar surface area (TPSA) is 35.0 Å². The lowest BCUT2D eigenvalue weighted by molar-refractivity contribution is 0.416. The van der Waals surface area contributed by atoms with E-state index in [-0.39, 0.29) is 0 Å². The Labute approximate surface area is 127 Å². The minimum absolute atomic E-state index is 0.824. The number of hydrogen-bond acceptors (Lipinski definition) is 4. The fourth-order valence-corrected chi connectivity index (χ4v) is 3.87. The molecule has 0 saturated carbocycles. The molecular weight excluding hydrogens is 280 g/mol. The lowest BCUT2D eigenvalue weighted by Crippen LogP contribution is -2.01. The second-order valence-corrected chi connectivity index (χ2v) is 6.11. The van der Waals surface area contributed by atoms with E-state index in [1.807, 2.05) is 12.3 Å². The molecule has 4 heteroatoms. The SMILES string of the molecule is COc1ccncc1-c1nc2c(s1)CCc1ccccc1-2. The third kappa shape index (κ3) is 2.03. The highest BCUT2D eigenvalue weighted by atomic mass is 32.1. The zero-order chi connectivity index (χ0) is 14.2. The molecule has 0 spiro atoms. The number of pyridine rings is 1. The van der Waals surface area contributed by atoms with E-state index in [2.05, 4.69) is 29.2 Å². The molecule has 0 atom stereocenters. The van der Waals surface area contributed by atoms with Crippen molar-refractivity contribution < 1.29 is 4.74 Å². The number of aryl methyl sites for hydroxylation is 2. The van der Waals surface area contributed by atoms with E-state index in [4.69, 9.17) is 9.72 Å². The maximum atomic E-state index is 5.43. The normalized spacial score (nSPS) is 12.6. The molecule has 0 aliphatic heterocycles. The molecule has 3 nitrogen and oxygen atoms in total. The molecule has 1 aliphatic carbocycles. The van der Waals surface area contributed by atoms with Crippen molar-refractivity contribution >= 4 is 11.3 Å². The number of hydrogen-bond donors (Lipinski definition) is 0. The second-order valence-electron chi connectivity index (χ2n) is 5.02. The highest BCUT2D eigenvalue weighted by Crippen LogP contribution is 2.41. The van der Waals surface area contributed by atoms with Crippen LogP contribution < -0.4 is 4.74 Å². The van der Waals surface area contributed by atoms with E-state index in [9.17, 15) is 0 Å². The molecule has 2 heterocycles. The first-order valence-corrected chi connectivity index (χ1v) is 7.75. The number of fused-ring (bicyclic) bond motifs is 3. The molecule has 0 radical (unpaired) electrons. The zero-order valence-corrected chi connectivity index (χ0v) is 12.5. The van der Waals surface area contributed by atoms with E-state index in [1.54, 1.807) is 24.6 Å². The van der Waals surface area contributed by atoms with Crippen LogP contribution >= 0.6 is 11.3 Å². The lowest BCUT2D eigenvalue weighted by Gasteiger charge is -2.13. The first-order chi connectivity index (χ1) is 10.4. The van der Waals surface area contributed by atoms with Crippen LogP contribution in [0.15, 0.2) is 42.7 Å². The lowest BCUT2D eigenvalue weighted by atomic mass is 9.94. The highest BCUT2D eigenvalue weighted by Gasteiger charge is 2.22. The molecule has 3 aromatic rings. The number of methoxy groups -OCH3 is 1. The zero-order valence-electron chi connectivity index (χ0n) is 11.7. The van der Waals surface area contributed by atoms with Crippen molar-refractivity contribution in [3.63, 3.8) is 0 Å². The summed E-state index contributed by atoms with van der Waals surface area (Å²) in [6, 6.07) is 10.4. The van der Waals surface area contributed by atoms with E-state index in [1.165, 1.54) is 16.0 Å². The van der Waals surface area contributed by atoms with Crippen LogP contribution in [0.3, 0.4) is 0 Å². The maximum absolute atomic E-state index is 5.43. The van der Waals surface area contributed by atoms with E-state index >= 15 is 0 Å². The summed E-state index contributed by atoms with van der Waals surface area (Å²) < 4.78 is 5.43. The van der Waals surface area contributed by atoms with Gasteiger partial charge in [0.25, 0.3) is 0 Å². The number of ether oxygens (including phenoxy) is 1. The molecule has 2 aromatic heterocycles. The van der Waals surface area contributed by atoms with Crippen molar-refractivity contribution in [2.45, 2.75) is 12.8 Å². The first-order valence-electron chi connectivity index (χ1n) is 6.93. The Bertz CT molecular complexity index is 810. The average molecular weight is 294 g/mol. The van der Waals surface area contributed by atoms with Gasteiger partial charge in [-0.05, 0) is 24.5 Å². The van der Waals surface area contributed by atoms with Gasteiger partial charge in [0, 0.05) is 22.8 Å². The van der Waals surface area contributed by atoms with Crippen LogP contribution in [0.1, 0.15) is 10.4 Å². The molecule has 0 saturated heterocycles. The quantitative estimate of drug-likeness (QED) is 0.717. The number of benzene rings is 1. The Balaban J connectivity index is 1.87. The van der Waals surface area contributed by atoms with Gasteiger partial charge in [0.2, 0.25) is 0 Å². The molecule has 0 bridgehead atoms. The molecule has 0 fully saturated rings. The summed E-state index contributed by atoms with van der Waals surface area (Å²) >= 11 is 1.75. The summed E-state index contributed by atoms with van der Waals surface area (Å²) in [5, 5.41) is 0.988. The second kappa shape index (κ2) is 4.97. The molecular formula is C17H14N2OS. The summed E-state index contributed by atoms with van der Waals surface area (Å²) in [7, 11) is 1.68. The predicted octanol–water partition coefficient (Wildman–Crippen LogP) is 3.98.